The summed E-state index contributed by atoms with van der Waals surface area (Å²) < 4.78 is 6.61. The van der Waals surface area contributed by atoms with Gasteiger partial charge in [0.1, 0.15) is 17.1 Å². The Morgan fingerprint density at radius 1 is 1.48 bits per heavy atom. The van der Waals surface area contributed by atoms with Crippen molar-refractivity contribution in [2.24, 2.45) is 0 Å². The number of nitrogens with zero attached hydrogens (tertiary/aromatic N) is 2. The predicted molar refractivity (Wildman–Crippen MR) is 77.4 cm³/mol. The van der Waals surface area contributed by atoms with E-state index in [4.69, 9.17) is 4.42 Å². The number of aryl methyl sites for hydroxylation is 2. The smallest absolute Gasteiger partial charge is 0.351 e. The van der Waals surface area contributed by atoms with Gasteiger partial charge in [0.15, 0.2) is 5.78 Å². The Hall–Kier alpha value is -2.63. The standard InChI is InChI=1S/C15H16N2O4/c1-4-17-10(3)11(8-16-17)5-6-12(18)14-13(19)7-9(2)21-15(14)20/h5-8,19H,4H2,1-3H3. The summed E-state index contributed by atoms with van der Waals surface area (Å²) in [5.41, 5.74) is 0.489. The summed E-state index contributed by atoms with van der Waals surface area (Å²) in [7, 11) is 0. The van der Waals surface area contributed by atoms with E-state index < -0.39 is 11.4 Å². The van der Waals surface area contributed by atoms with E-state index in [1.165, 1.54) is 19.1 Å². The number of aromatic hydroxyl groups is 1. The van der Waals surface area contributed by atoms with Crippen molar-refractivity contribution in [3.8, 4) is 5.75 Å². The molecule has 1 N–H and O–H groups in total. The van der Waals surface area contributed by atoms with Crippen molar-refractivity contribution in [2.45, 2.75) is 27.3 Å². The van der Waals surface area contributed by atoms with Crippen LogP contribution in [-0.4, -0.2) is 20.7 Å². The van der Waals surface area contributed by atoms with Crippen molar-refractivity contribution in [1.82, 2.24) is 9.78 Å². The van der Waals surface area contributed by atoms with Gasteiger partial charge in [-0.3, -0.25) is 9.48 Å². The molecule has 0 spiro atoms. The predicted octanol–water partition coefficient (Wildman–Crippen LogP) is 2.07. The third kappa shape index (κ3) is 2.94. The quantitative estimate of drug-likeness (QED) is 0.687. The minimum Gasteiger partial charge on any atom is -0.507 e. The highest BCUT2D eigenvalue weighted by molar-refractivity contribution is 6.08. The minimum absolute atomic E-state index is 0.248. The largest absolute Gasteiger partial charge is 0.507 e. The summed E-state index contributed by atoms with van der Waals surface area (Å²) >= 11 is 0. The van der Waals surface area contributed by atoms with Crippen LogP contribution in [0.25, 0.3) is 6.08 Å². The second kappa shape index (κ2) is 5.78. The van der Waals surface area contributed by atoms with Crippen molar-refractivity contribution in [3.05, 3.63) is 51.3 Å². The van der Waals surface area contributed by atoms with Gasteiger partial charge in [-0.15, -0.1) is 0 Å². The lowest BCUT2D eigenvalue weighted by molar-refractivity contribution is 0.104. The van der Waals surface area contributed by atoms with Crippen LogP contribution in [0.15, 0.2) is 27.6 Å². The SMILES string of the molecule is CCn1ncc(C=CC(=O)c2c(O)cc(C)oc2=O)c1C. The van der Waals surface area contributed by atoms with Crippen LogP contribution in [0.2, 0.25) is 0 Å². The molecule has 6 nitrogen and oxygen atoms in total. The van der Waals surface area contributed by atoms with Gasteiger partial charge in [-0.2, -0.15) is 5.10 Å². The molecule has 2 rings (SSSR count). The number of allylic oxidation sites excluding steroid dienone is 1. The van der Waals surface area contributed by atoms with E-state index in [0.29, 0.717) is 0 Å². The van der Waals surface area contributed by atoms with Crippen LogP contribution in [0.1, 0.15) is 34.3 Å². The van der Waals surface area contributed by atoms with Crippen molar-refractivity contribution in [2.75, 3.05) is 0 Å². The number of rotatable bonds is 4. The summed E-state index contributed by atoms with van der Waals surface area (Å²) in [6.45, 7) is 6.11. The van der Waals surface area contributed by atoms with E-state index in [9.17, 15) is 14.7 Å². The second-order valence-electron chi connectivity index (χ2n) is 4.60. The molecule has 2 aromatic heterocycles. The number of hydrogen-bond donors (Lipinski definition) is 1. The molecule has 0 amide bonds. The van der Waals surface area contributed by atoms with Gasteiger partial charge in [0, 0.05) is 23.9 Å². The van der Waals surface area contributed by atoms with Gasteiger partial charge in [0.2, 0.25) is 0 Å². The molecule has 0 saturated heterocycles. The summed E-state index contributed by atoms with van der Waals surface area (Å²) in [4.78, 5) is 23.7. The average Bonchev–Trinajstić information content (AvgIpc) is 2.75. The normalized spacial score (nSPS) is 11.2. The van der Waals surface area contributed by atoms with Crippen LogP contribution < -0.4 is 5.63 Å². The topological polar surface area (TPSA) is 85.3 Å². The van der Waals surface area contributed by atoms with Gasteiger partial charge in [-0.05, 0) is 32.9 Å². The molecular formula is C15H16N2O4. The van der Waals surface area contributed by atoms with Gasteiger partial charge < -0.3 is 9.52 Å². The molecule has 110 valence electrons. The fourth-order valence-corrected chi connectivity index (χ4v) is 2.01. The highest BCUT2D eigenvalue weighted by Gasteiger charge is 2.16. The third-order valence-corrected chi connectivity index (χ3v) is 3.16. The molecule has 0 radical (unpaired) electrons. The highest BCUT2D eigenvalue weighted by Crippen LogP contribution is 2.16. The lowest BCUT2D eigenvalue weighted by Gasteiger charge is -2.00. The van der Waals surface area contributed by atoms with Crippen molar-refractivity contribution in [3.63, 3.8) is 0 Å². The van der Waals surface area contributed by atoms with Gasteiger partial charge in [0.25, 0.3) is 0 Å². The van der Waals surface area contributed by atoms with Crippen LogP contribution in [0.5, 0.6) is 5.75 Å². The van der Waals surface area contributed by atoms with Gasteiger partial charge in [-0.25, -0.2) is 4.79 Å². The zero-order valence-electron chi connectivity index (χ0n) is 12.1. The molecule has 0 unspecified atom stereocenters. The molecule has 0 aliphatic rings. The third-order valence-electron chi connectivity index (χ3n) is 3.16. The number of aromatic nitrogens is 2. The minimum atomic E-state index is -0.844. The van der Waals surface area contributed by atoms with Gasteiger partial charge in [-0.1, -0.05) is 0 Å². The molecular weight excluding hydrogens is 272 g/mol. The van der Waals surface area contributed by atoms with Gasteiger partial charge >= 0.3 is 5.63 Å². The number of carbonyl (C=O) groups is 1. The van der Waals surface area contributed by atoms with Crippen LogP contribution >= 0.6 is 0 Å². The van der Waals surface area contributed by atoms with E-state index in [0.717, 1.165) is 17.8 Å². The summed E-state index contributed by atoms with van der Waals surface area (Å²) in [6, 6.07) is 1.24. The number of ketones is 1. The maximum absolute atomic E-state index is 12.0. The van der Waals surface area contributed by atoms with E-state index in [1.54, 1.807) is 17.0 Å². The first-order valence-electron chi connectivity index (χ1n) is 6.52. The molecule has 0 aromatic carbocycles. The molecule has 0 aliphatic carbocycles. The lowest BCUT2D eigenvalue weighted by atomic mass is 10.1. The van der Waals surface area contributed by atoms with Crippen LogP contribution in [0.4, 0.5) is 0 Å². The first-order valence-corrected chi connectivity index (χ1v) is 6.52. The lowest BCUT2D eigenvalue weighted by Crippen LogP contribution is -2.12. The summed E-state index contributed by atoms with van der Waals surface area (Å²) in [6.07, 6.45) is 4.43. The number of carbonyl (C=O) groups excluding carboxylic acids is 1. The molecule has 0 bridgehead atoms. The molecule has 0 atom stereocenters. The molecule has 0 aliphatic heterocycles. The second-order valence-corrected chi connectivity index (χ2v) is 4.60. The van der Waals surface area contributed by atoms with Crippen molar-refractivity contribution < 1.29 is 14.3 Å². The first kappa shape index (κ1) is 14.8. The monoisotopic (exact) mass is 288 g/mol. The fraction of sp³-hybridized carbons (Fsp3) is 0.267. The Labute approximate surface area is 121 Å². The molecule has 21 heavy (non-hydrogen) atoms. The average molecular weight is 288 g/mol. The summed E-state index contributed by atoms with van der Waals surface area (Å²) in [5, 5.41) is 13.9. The Morgan fingerprint density at radius 2 is 2.19 bits per heavy atom. The fourth-order valence-electron chi connectivity index (χ4n) is 2.01. The molecule has 2 aromatic rings. The first-order chi connectivity index (χ1) is 9.93. The van der Waals surface area contributed by atoms with Gasteiger partial charge in [0.05, 0.1) is 6.20 Å². The molecule has 0 fully saturated rings. The Bertz CT molecular complexity index is 768. The maximum atomic E-state index is 12.0. The molecule has 6 heteroatoms. The van der Waals surface area contributed by atoms with Crippen LogP contribution in [0, 0.1) is 13.8 Å². The Morgan fingerprint density at radius 3 is 2.76 bits per heavy atom. The van der Waals surface area contributed by atoms with E-state index in [2.05, 4.69) is 5.10 Å². The Balaban J connectivity index is 2.32. The zero-order valence-corrected chi connectivity index (χ0v) is 12.1. The van der Waals surface area contributed by atoms with E-state index in [1.807, 2.05) is 13.8 Å². The van der Waals surface area contributed by atoms with Crippen LogP contribution in [0.3, 0.4) is 0 Å². The molecule has 0 saturated carbocycles. The van der Waals surface area contributed by atoms with Crippen molar-refractivity contribution >= 4 is 11.9 Å². The summed E-state index contributed by atoms with van der Waals surface area (Å²) in [5.74, 6) is -0.734. The molecule has 2 heterocycles. The maximum Gasteiger partial charge on any atom is 0.351 e. The van der Waals surface area contributed by atoms with E-state index in [-0.39, 0.29) is 17.1 Å². The highest BCUT2D eigenvalue weighted by atomic mass is 16.4. The zero-order chi connectivity index (χ0) is 15.6. The van der Waals surface area contributed by atoms with E-state index >= 15 is 0 Å². The Kier molecular flexibility index (Phi) is 4.07. The number of hydrogen-bond acceptors (Lipinski definition) is 5. The van der Waals surface area contributed by atoms with Crippen LogP contribution in [-0.2, 0) is 6.54 Å². The van der Waals surface area contributed by atoms with Crippen molar-refractivity contribution in [1.29, 1.82) is 0 Å².